The van der Waals surface area contributed by atoms with Crippen molar-refractivity contribution in [2.45, 2.75) is 38.8 Å². The molecular formula is C9H17NO. The van der Waals surface area contributed by atoms with Crippen LogP contribution in [0.5, 0.6) is 0 Å². The number of carbonyl (C=O) groups excluding carboxylic acids is 1. The number of carbonyl (C=O) groups is 1. The molecular weight excluding hydrogens is 138 g/mol. The van der Waals surface area contributed by atoms with E-state index >= 15 is 0 Å². The van der Waals surface area contributed by atoms with Gasteiger partial charge in [-0.3, -0.25) is 0 Å². The van der Waals surface area contributed by atoms with Crippen LogP contribution in [0.2, 0.25) is 0 Å². The molecule has 1 saturated heterocycles. The highest BCUT2D eigenvalue weighted by Gasteiger charge is 2.27. The summed E-state index contributed by atoms with van der Waals surface area (Å²) in [7, 11) is 2.14. The molecule has 0 aromatic heterocycles. The fraction of sp³-hybridized carbons (Fsp3) is 0.889. The molecule has 64 valence electrons. The minimum Gasteiger partial charge on any atom is -0.303 e. The first-order valence-corrected chi connectivity index (χ1v) is 4.32. The van der Waals surface area contributed by atoms with E-state index in [1.807, 2.05) is 0 Å². The fourth-order valence-corrected chi connectivity index (χ4v) is 1.85. The first-order chi connectivity index (χ1) is 5.15. The van der Waals surface area contributed by atoms with Crippen molar-refractivity contribution in [1.82, 2.24) is 4.90 Å². The van der Waals surface area contributed by atoms with Gasteiger partial charge in [-0.25, -0.2) is 0 Å². The fourth-order valence-electron chi connectivity index (χ4n) is 1.85. The molecule has 1 aliphatic rings. The van der Waals surface area contributed by atoms with E-state index in [9.17, 15) is 4.79 Å². The second kappa shape index (κ2) is 3.35. The van der Waals surface area contributed by atoms with Gasteiger partial charge in [-0.15, -0.1) is 0 Å². The number of likely N-dealkylation sites (tertiary alicyclic amines) is 1. The highest BCUT2D eigenvalue weighted by Crippen LogP contribution is 2.24. The van der Waals surface area contributed by atoms with Gasteiger partial charge in [-0.1, -0.05) is 0 Å². The number of aldehydes is 1. The lowest BCUT2D eigenvalue weighted by Gasteiger charge is -2.38. The predicted octanol–water partition coefficient (Wildman–Crippen LogP) is 1.30. The van der Waals surface area contributed by atoms with Crippen LogP contribution in [0.25, 0.3) is 0 Å². The zero-order valence-electron chi connectivity index (χ0n) is 7.58. The molecule has 0 saturated carbocycles. The second-order valence-electron chi connectivity index (χ2n) is 3.73. The lowest BCUT2D eigenvalue weighted by molar-refractivity contribution is -0.113. The van der Waals surface area contributed by atoms with E-state index in [4.69, 9.17) is 0 Å². The molecule has 11 heavy (non-hydrogen) atoms. The van der Waals surface area contributed by atoms with Crippen LogP contribution < -0.4 is 0 Å². The summed E-state index contributed by atoms with van der Waals surface area (Å²) >= 11 is 0. The second-order valence-corrected chi connectivity index (χ2v) is 3.73. The van der Waals surface area contributed by atoms with Gasteiger partial charge in [0.25, 0.3) is 0 Å². The summed E-state index contributed by atoms with van der Waals surface area (Å²) in [5, 5.41) is 0. The average Bonchev–Trinajstić information content (AvgIpc) is 1.99. The van der Waals surface area contributed by atoms with Gasteiger partial charge in [0.05, 0.1) is 0 Å². The van der Waals surface area contributed by atoms with Crippen LogP contribution in [0.15, 0.2) is 0 Å². The normalized spacial score (nSPS) is 40.5. The Morgan fingerprint density at radius 3 is 2.09 bits per heavy atom. The lowest BCUT2D eigenvalue weighted by atomic mass is 9.89. The van der Waals surface area contributed by atoms with Crippen molar-refractivity contribution >= 4 is 6.29 Å². The van der Waals surface area contributed by atoms with Gasteiger partial charge in [-0.2, -0.15) is 0 Å². The van der Waals surface area contributed by atoms with Crippen LogP contribution in [-0.2, 0) is 4.79 Å². The maximum Gasteiger partial charge on any atom is 0.123 e. The molecule has 0 amide bonds. The number of rotatable bonds is 1. The van der Waals surface area contributed by atoms with Crippen LogP contribution in [0.4, 0.5) is 0 Å². The van der Waals surface area contributed by atoms with Crippen LogP contribution in [-0.4, -0.2) is 30.3 Å². The SMILES string of the molecule is CC1CC(C=O)CC(C)N1C. The molecule has 1 heterocycles. The van der Waals surface area contributed by atoms with Crippen molar-refractivity contribution in [3.05, 3.63) is 0 Å². The monoisotopic (exact) mass is 155 g/mol. The van der Waals surface area contributed by atoms with Gasteiger partial charge >= 0.3 is 0 Å². The molecule has 0 aromatic carbocycles. The summed E-state index contributed by atoms with van der Waals surface area (Å²) in [6.45, 7) is 4.37. The summed E-state index contributed by atoms with van der Waals surface area (Å²) in [4.78, 5) is 12.9. The molecule has 0 spiro atoms. The van der Waals surface area contributed by atoms with Gasteiger partial charge in [0, 0.05) is 18.0 Å². The quantitative estimate of drug-likeness (QED) is 0.532. The van der Waals surface area contributed by atoms with E-state index in [1.54, 1.807) is 0 Å². The van der Waals surface area contributed by atoms with Crippen molar-refractivity contribution in [3.8, 4) is 0 Å². The maximum absolute atomic E-state index is 10.5. The molecule has 2 atom stereocenters. The Bertz CT molecular complexity index is 134. The van der Waals surface area contributed by atoms with Gasteiger partial charge in [-0.05, 0) is 33.7 Å². The summed E-state index contributed by atoms with van der Waals surface area (Å²) < 4.78 is 0. The van der Waals surface area contributed by atoms with Crippen molar-refractivity contribution < 1.29 is 4.79 Å². The predicted molar refractivity (Wildman–Crippen MR) is 45.5 cm³/mol. The molecule has 0 aromatic rings. The van der Waals surface area contributed by atoms with Gasteiger partial charge in [0.2, 0.25) is 0 Å². The first kappa shape index (κ1) is 8.72. The Morgan fingerprint density at radius 2 is 1.73 bits per heavy atom. The van der Waals surface area contributed by atoms with E-state index in [2.05, 4.69) is 25.8 Å². The first-order valence-electron chi connectivity index (χ1n) is 4.32. The molecule has 2 unspecified atom stereocenters. The largest absolute Gasteiger partial charge is 0.303 e. The molecule has 0 aliphatic carbocycles. The molecule has 2 nitrogen and oxygen atoms in total. The summed E-state index contributed by atoms with van der Waals surface area (Å²) in [6, 6.07) is 1.13. The standard InChI is InChI=1S/C9H17NO/c1-7-4-9(6-11)5-8(2)10(7)3/h6-9H,4-5H2,1-3H3. The Labute approximate surface area is 68.6 Å². The Morgan fingerprint density at radius 1 is 1.27 bits per heavy atom. The van der Waals surface area contributed by atoms with E-state index in [-0.39, 0.29) is 0 Å². The molecule has 1 aliphatic heterocycles. The van der Waals surface area contributed by atoms with Crippen LogP contribution >= 0.6 is 0 Å². The minimum atomic E-state index is 0.302. The highest BCUT2D eigenvalue weighted by atomic mass is 16.1. The van der Waals surface area contributed by atoms with E-state index in [1.165, 1.54) is 0 Å². The summed E-state index contributed by atoms with van der Waals surface area (Å²) in [6.07, 6.45) is 3.18. The van der Waals surface area contributed by atoms with Gasteiger partial charge in [0.1, 0.15) is 6.29 Å². The van der Waals surface area contributed by atoms with Gasteiger partial charge in [0.15, 0.2) is 0 Å². The van der Waals surface area contributed by atoms with Crippen LogP contribution in [0.3, 0.4) is 0 Å². The number of hydrogen-bond acceptors (Lipinski definition) is 2. The van der Waals surface area contributed by atoms with Crippen molar-refractivity contribution in [2.75, 3.05) is 7.05 Å². The van der Waals surface area contributed by atoms with Crippen molar-refractivity contribution in [2.24, 2.45) is 5.92 Å². The third-order valence-corrected chi connectivity index (χ3v) is 2.87. The number of hydrogen-bond donors (Lipinski definition) is 0. The molecule has 0 radical (unpaired) electrons. The molecule has 0 bridgehead atoms. The molecule has 1 rings (SSSR count). The van der Waals surface area contributed by atoms with Crippen molar-refractivity contribution in [1.29, 1.82) is 0 Å². The highest BCUT2D eigenvalue weighted by molar-refractivity contribution is 5.53. The van der Waals surface area contributed by atoms with Crippen molar-refractivity contribution in [3.63, 3.8) is 0 Å². The molecule has 1 fully saturated rings. The molecule has 2 heteroatoms. The number of piperidine rings is 1. The van der Waals surface area contributed by atoms with Gasteiger partial charge < -0.3 is 9.69 Å². The van der Waals surface area contributed by atoms with E-state index in [0.717, 1.165) is 19.1 Å². The summed E-state index contributed by atoms with van der Waals surface area (Å²) in [5.41, 5.74) is 0. The maximum atomic E-state index is 10.5. The Hall–Kier alpha value is -0.370. The van der Waals surface area contributed by atoms with E-state index in [0.29, 0.717) is 18.0 Å². The van der Waals surface area contributed by atoms with Crippen LogP contribution in [0.1, 0.15) is 26.7 Å². The van der Waals surface area contributed by atoms with Crippen LogP contribution in [0, 0.1) is 5.92 Å². The molecule has 0 N–H and O–H groups in total. The zero-order valence-corrected chi connectivity index (χ0v) is 7.58. The summed E-state index contributed by atoms with van der Waals surface area (Å²) in [5.74, 6) is 0.302. The minimum absolute atomic E-state index is 0.302. The smallest absolute Gasteiger partial charge is 0.123 e. The van der Waals surface area contributed by atoms with E-state index < -0.39 is 0 Å². The number of nitrogens with zero attached hydrogens (tertiary/aromatic N) is 1. The third-order valence-electron chi connectivity index (χ3n) is 2.87. The Balaban J connectivity index is 2.54. The average molecular weight is 155 g/mol. The topological polar surface area (TPSA) is 20.3 Å². The zero-order chi connectivity index (χ0) is 8.43. The third kappa shape index (κ3) is 1.80. The lowest BCUT2D eigenvalue weighted by Crippen LogP contribution is -2.44. The Kier molecular flexibility index (Phi) is 2.66.